The fraction of sp³-hybridized carbons (Fsp3) is 0.296. The third-order valence-corrected chi connectivity index (χ3v) is 9.61. The first kappa shape index (κ1) is 28.6. The molecular formula is C27H23Cl2N5O6S. The van der Waals surface area contributed by atoms with Gasteiger partial charge in [0.1, 0.15) is 11.9 Å². The summed E-state index contributed by atoms with van der Waals surface area (Å²) < 4.78 is 27.3. The Morgan fingerprint density at radius 3 is 2.49 bits per heavy atom. The largest absolute Gasteiger partial charge is 0.501 e. The minimum absolute atomic E-state index is 0.00327. The number of hydrogen-bond acceptors (Lipinski definition) is 8. The van der Waals surface area contributed by atoms with Crippen LogP contribution in [0.4, 0.5) is 0 Å². The van der Waals surface area contributed by atoms with Gasteiger partial charge >= 0.3 is 5.56 Å². The highest BCUT2D eigenvalue weighted by molar-refractivity contribution is 7.91. The Labute approximate surface area is 245 Å². The Balaban J connectivity index is 1.45. The molecule has 212 valence electrons. The number of fused-ring (bicyclic) bond motifs is 1. The van der Waals surface area contributed by atoms with Crippen molar-refractivity contribution in [3.8, 4) is 11.8 Å². The van der Waals surface area contributed by atoms with E-state index >= 15 is 0 Å². The van der Waals surface area contributed by atoms with Gasteiger partial charge in [-0.15, -0.1) is 0 Å². The summed E-state index contributed by atoms with van der Waals surface area (Å²) in [5.74, 6) is -2.38. The van der Waals surface area contributed by atoms with E-state index < -0.39 is 44.8 Å². The Bertz CT molecular complexity index is 1770. The van der Waals surface area contributed by atoms with Crippen LogP contribution < -0.4 is 5.56 Å². The molecule has 2 aliphatic rings. The number of carbonyl (C=O) groups excluding carboxylic acids is 2. The Morgan fingerprint density at radius 1 is 1.07 bits per heavy atom. The topological polar surface area (TPSA) is 154 Å². The molecule has 5 rings (SSSR count). The number of rotatable bonds is 6. The normalized spacial score (nSPS) is 16.9. The molecule has 2 aliphatic heterocycles. The van der Waals surface area contributed by atoms with Gasteiger partial charge in [0.25, 0.3) is 11.8 Å². The third kappa shape index (κ3) is 5.16. The van der Waals surface area contributed by atoms with Crippen LogP contribution in [0.25, 0.3) is 0 Å². The van der Waals surface area contributed by atoms with Crippen molar-refractivity contribution in [1.82, 2.24) is 19.4 Å². The lowest BCUT2D eigenvalue weighted by Gasteiger charge is -2.34. The summed E-state index contributed by atoms with van der Waals surface area (Å²) in [4.78, 5) is 46.3. The fourth-order valence-electron chi connectivity index (χ4n) is 5.24. The summed E-state index contributed by atoms with van der Waals surface area (Å²) in [6, 6.07) is 11.7. The summed E-state index contributed by atoms with van der Waals surface area (Å²) in [5, 5.41) is 20.2. The smallest absolute Gasteiger partial charge is 0.315 e. The predicted molar refractivity (Wildman–Crippen MR) is 149 cm³/mol. The Morgan fingerprint density at radius 2 is 1.78 bits per heavy atom. The molecule has 0 saturated carbocycles. The van der Waals surface area contributed by atoms with Crippen LogP contribution in [0.3, 0.4) is 0 Å². The second-order valence-electron chi connectivity index (χ2n) is 9.60. The number of halogens is 2. The third-order valence-electron chi connectivity index (χ3n) is 7.23. The van der Waals surface area contributed by atoms with Crippen LogP contribution in [0.15, 0.2) is 52.2 Å². The number of aromatic nitrogens is 2. The van der Waals surface area contributed by atoms with Crippen molar-refractivity contribution in [3.63, 3.8) is 0 Å². The van der Waals surface area contributed by atoms with E-state index in [0.29, 0.717) is 19.4 Å². The molecule has 14 heteroatoms. The van der Waals surface area contributed by atoms with E-state index in [2.05, 4.69) is 4.98 Å². The van der Waals surface area contributed by atoms with Crippen molar-refractivity contribution in [2.75, 3.05) is 25.4 Å². The Hall–Kier alpha value is -3.92. The number of nitrogens with zero attached hydrogens (tertiary/aromatic N) is 5. The molecule has 1 saturated heterocycles. The molecule has 0 aliphatic carbocycles. The van der Waals surface area contributed by atoms with Gasteiger partial charge in [0, 0.05) is 26.2 Å². The zero-order chi connectivity index (χ0) is 29.5. The standard InChI is InChI=1S/C27H23Cl2N5O6S/c28-17-6-3-7-18(29)21(17)26(37)33-10-4-8-19(33)24-31-25(36)23(35)22-27(38)32(11-12-34(22)24)13-14-41(39,40)20-9-2-1-5-16(20)15-30/h1-3,5-7,9,19,35H,4,8,10-14H2/t19-/m0/s1. The summed E-state index contributed by atoms with van der Waals surface area (Å²) in [7, 11) is -3.92. The average Bonchev–Trinajstić information content (AvgIpc) is 3.44. The van der Waals surface area contributed by atoms with Gasteiger partial charge in [-0.05, 0) is 37.1 Å². The van der Waals surface area contributed by atoms with Gasteiger partial charge in [0.05, 0.1) is 37.9 Å². The highest BCUT2D eigenvalue weighted by atomic mass is 35.5. The van der Waals surface area contributed by atoms with E-state index in [9.17, 15) is 33.2 Å². The lowest BCUT2D eigenvalue weighted by atomic mass is 10.1. The maximum Gasteiger partial charge on any atom is 0.315 e. The summed E-state index contributed by atoms with van der Waals surface area (Å²) in [6.07, 6.45) is 1.03. The fourth-order valence-corrected chi connectivity index (χ4v) is 7.21. The minimum Gasteiger partial charge on any atom is -0.501 e. The van der Waals surface area contributed by atoms with E-state index in [1.54, 1.807) is 24.3 Å². The van der Waals surface area contributed by atoms with Crippen LogP contribution in [0, 0.1) is 11.3 Å². The van der Waals surface area contributed by atoms with Gasteiger partial charge in [-0.3, -0.25) is 14.4 Å². The van der Waals surface area contributed by atoms with Crippen molar-refractivity contribution < 1.29 is 23.1 Å². The average molecular weight is 616 g/mol. The molecular weight excluding hydrogens is 593 g/mol. The molecule has 1 atom stereocenters. The zero-order valence-corrected chi connectivity index (χ0v) is 23.8. The minimum atomic E-state index is -3.92. The van der Waals surface area contributed by atoms with E-state index in [1.807, 2.05) is 6.07 Å². The van der Waals surface area contributed by atoms with E-state index in [-0.39, 0.29) is 57.2 Å². The van der Waals surface area contributed by atoms with Gasteiger partial charge in [-0.25, -0.2) is 8.42 Å². The van der Waals surface area contributed by atoms with Gasteiger partial charge in [-0.2, -0.15) is 10.2 Å². The molecule has 0 bridgehead atoms. The van der Waals surface area contributed by atoms with Crippen LogP contribution in [-0.2, 0) is 16.4 Å². The number of likely N-dealkylation sites (tertiary alicyclic amines) is 1. The molecule has 2 amide bonds. The summed E-state index contributed by atoms with van der Waals surface area (Å²) >= 11 is 12.5. The number of amides is 2. The molecule has 11 nitrogen and oxygen atoms in total. The van der Waals surface area contributed by atoms with Crippen molar-refractivity contribution >= 4 is 44.9 Å². The van der Waals surface area contributed by atoms with Gasteiger partial charge in [0.15, 0.2) is 15.5 Å². The van der Waals surface area contributed by atoms with E-state index in [4.69, 9.17) is 23.2 Å². The van der Waals surface area contributed by atoms with Gasteiger partial charge in [-0.1, -0.05) is 41.4 Å². The van der Waals surface area contributed by atoms with Gasteiger partial charge < -0.3 is 19.5 Å². The van der Waals surface area contributed by atoms with Crippen molar-refractivity contribution in [3.05, 3.63) is 85.5 Å². The number of hydrogen-bond donors (Lipinski definition) is 1. The molecule has 3 aromatic rings. The molecule has 3 heterocycles. The first-order valence-corrected chi connectivity index (χ1v) is 15.1. The molecule has 1 N–H and O–H groups in total. The molecule has 0 unspecified atom stereocenters. The lowest BCUT2D eigenvalue weighted by molar-refractivity contribution is 0.0689. The van der Waals surface area contributed by atoms with E-state index in [1.165, 1.54) is 32.6 Å². The molecule has 1 aromatic heterocycles. The maximum atomic E-state index is 13.5. The second kappa shape index (κ2) is 11.2. The first-order valence-electron chi connectivity index (χ1n) is 12.6. The number of sulfone groups is 1. The monoisotopic (exact) mass is 615 g/mol. The molecule has 0 radical (unpaired) electrons. The molecule has 41 heavy (non-hydrogen) atoms. The highest BCUT2D eigenvalue weighted by Crippen LogP contribution is 2.36. The first-order chi connectivity index (χ1) is 19.5. The van der Waals surface area contributed by atoms with Crippen molar-refractivity contribution in [2.45, 2.75) is 30.3 Å². The summed E-state index contributed by atoms with van der Waals surface area (Å²) in [6.45, 7) is 0.261. The predicted octanol–water partition coefficient (Wildman–Crippen LogP) is 3.03. The molecule has 1 fully saturated rings. The SMILES string of the molecule is N#Cc1ccccc1S(=O)(=O)CCN1CCn2c([C@@H]3CCCN3C(=O)c3c(Cl)cccc3Cl)nc(=O)c(O)c2C1=O. The van der Waals surface area contributed by atoms with Crippen LogP contribution in [0.5, 0.6) is 5.75 Å². The Kier molecular flexibility index (Phi) is 7.78. The highest BCUT2D eigenvalue weighted by Gasteiger charge is 2.39. The van der Waals surface area contributed by atoms with E-state index in [0.717, 1.165) is 0 Å². The number of aromatic hydroxyl groups is 1. The zero-order valence-electron chi connectivity index (χ0n) is 21.5. The van der Waals surface area contributed by atoms with Gasteiger partial charge in [0.2, 0.25) is 5.75 Å². The van der Waals surface area contributed by atoms with Crippen LogP contribution in [0.1, 0.15) is 51.1 Å². The summed E-state index contributed by atoms with van der Waals surface area (Å²) in [5.41, 5.74) is -1.25. The molecule has 2 aromatic carbocycles. The van der Waals surface area contributed by atoms with Crippen LogP contribution in [-0.4, -0.2) is 70.1 Å². The molecule has 0 spiro atoms. The van der Waals surface area contributed by atoms with Crippen LogP contribution >= 0.6 is 23.2 Å². The van der Waals surface area contributed by atoms with Crippen molar-refractivity contribution in [1.29, 1.82) is 5.26 Å². The number of nitriles is 1. The lowest BCUT2D eigenvalue weighted by Crippen LogP contribution is -2.46. The number of benzene rings is 2. The quantitative estimate of drug-likeness (QED) is 0.444. The second-order valence-corrected chi connectivity index (χ2v) is 12.5. The maximum absolute atomic E-state index is 13.5. The van der Waals surface area contributed by atoms with Crippen molar-refractivity contribution in [2.24, 2.45) is 0 Å². The van der Waals surface area contributed by atoms with Crippen LogP contribution in [0.2, 0.25) is 10.0 Å². The number of carbonyl (C=O) groups is 2.